The number of thioether (sulfide) groups is 1. The number of para-hydroxylation sites is 3. The Morgan fingerprint density at radius 3 is 2.63 bits per heavy atom. The van der Waals surface area contributed by atoms with Gasteiger partial charge in [-0.3, -0.25) is 4.79 Å². The third-order valence-electron chi connectivity index (χ3n) is 4.35. The normalized spacial score (nSPS) is 11.9. The minimum atomic E-state index is -0.314. The topological polar surface area (TPSA) is 61.9 Å². The number of imidazole rings is 1. The number of rotatable bonds is 7. The van der Waals surface area contributed by atoms with Crippen LogP contribution in [0.4, 0.5) is 5.69 Å². The van der Waals surface area contributed by atoms with E-state index in [1.807, 2.05) is 61.5 Å². The monoisotopic (exact) mass is 378 g/mol. The van der Waals surface area contributed by atoms with Gasteiger partial charge in [-0.2, -0.15) is 5.26 Å². The number of aryl methyl sites for hydroxylation is 1. The summed E-state index contributed by atoms with van der Waals surface area (Å²) in [5, 5.41) is 9.49. The fourth-order valence-electron chi connectivity index (χ4n) is 3.01. The molecule has 1 atom stereocenters. The van der Waals surface area contributed by atoms with Gasteiger partial charge in [-0.05, 0) is 38.1 Å². The number of nitriles is 1. The molecule has 0 saturated heterocycles. The summed E-state index contributed by atoms with van der Waals surface area (Å²) < 4.78 is 2.13. The number of hydrogen-bond donors (Lipinski definition) is 0. The van der Waals surface area contributed by atoms with Gasteiger partial charge in [0.25, 0.3) is 0 Å². The van der Waals surface area contributed by atoms with Crippen molar-refractivity contribution in [1.82, 2.24) is 9.55 Å². The van der Waals surface area contributed by atoms with E-state index >= 15 is 0 Å². The quantitative estimate of drug-likeness (QED) is 0.569. The molecule has 0 aliphatic carbocycles. The van der Waals surface area contributed by atoms with E-state index in [1.54, 1.807) is 4.90 Å². The maximum atomic E-state index is 13.1. The van der Waals surface area contributed by atoms with E-state index in [4.69, 9.17) is 10.2 Å². The van der Waals surface area contributed by atoms with E-state index in [1.165, 1.54) is 11.8 Å². The maximum Gasteiger partial charge on any atom is 0.240 e. The molecule has 5 nitrogen and oxygen atoms in total. The largest absolute Gasteiger partial charge is 0.319 e. The predicted octanol–water partition coefficient (Wildman–Crippen LogP) is 4.48. The lowest BCUT2D eigenvalue weighted by molar-refractivity contribution is -0.117. The standard InChI is InChI=1S/C21H22N4OS/c1-3-24-19-13-8-7-12-18(19)23-21(24)27-16(2)20(26)25(15-9-14-22)17-10-5-4-6-11-17/h4-8,10-13,16H,3,9,15H2,1-2H3/t16-/m1/s1. The molecule has 3 rings (SSSR count). The number of carbonyl (C=O) groups is 1. The third kappa shape index (κ3) is 4.15. The molecule has 1 amide bonds. The fourth-order valence-corrected chi connectivity index (χ4v) is 4.06. The molecule has 0 bridgehead atoms. The number of amides is 1. The summed E-state index contributed by atoms with van der Waals surface area (Å²) in [4.78, 5) is 19.5. The Balaban J connectivity index is 1.84. The summed E-state index contributed by atoms with van der Waals surface area (Å²) in [5.41, 5.74) is 2.83. The van der Waals surface area contributed by atoms with Crippen LogP contribution in [0.3, 0.4) is 0 Å². The lowest BCUT2D eigenvalue weighted by Crippen LogP contribution is -2.37. The first-order valence-electron chi connectivity index (χ1n) is 9.01. The first-order chi connectivity index (χ1) is 13.2. The number of carbonyl (C=O) groups excluding carboxylic acids is 1. The van der Waals surface area contributed by atoms with Crippen molar-refractivity contribution in [3.63, 3.8) is 0 Å². The molecule has 6 heteroatoms. The highest BCUT2D eigenvalue weighted by Gasteiger charge is 2.24. The highest BCUT2D eigenvalue weighted by molar-refractivity contribution is 8.00. The molecule has 3 aromatic rings. The van der Waals surface area contributed by atoms with E-state index in [0.717, 1.165) is 28.4 Å². The summed E-state index contributed by atoms with van der Waals surface area (Å²) in [6, 6.07) is 19.6. The smallest absolute Gasteiger partial charge is 0.240 e. The van der Waals surface area contributed by atoms with Gasteiger partial charge < -0.3 is 9.47 Å². The van der Waals surface area contributed by atoms with E-state index < -0.39 is 0 Å². The first-order valence-corrected chi connectivity index (χ1v) is 9.89. The van der Waals surface area contributed by atoms with Gasteiger partial charge in [-0.25, -0.2) is 4.98 Å². The summed E-state index contributed by atoms with van der Waals surface area (Å²) in [6.07, 6.45) is 0.297. The van der Waals surface area contributed by atoms with Crippen LogP contribution in [0.5, 0.6) is 0 Å². The van der Waals surface area contributed by atoms with E-state index in [9.17, 15) is 4.79 Å². The molecule has 0 saturated carbocycles. The van der Waals surface area contributed by atoms with Crippen LogP contribution in [0.1, 0.15) is 20.3 Å². The average molecular weight is 379 g/mol. The summed E-state index contributed by atoms with van der Waals surface area (Å²) in [5.74, 6) is -0.0174. The van der Waals surface area contributed by atoms with E-state index in [0.29, 0.717) is 13.0 Å². The van der Waals surface area contributed by atoms with Gasteiger partial charge in [-0.1, -0.05) is 42.1 Å². The first kappa shape index (κ1) is 19.0. The zero-order valence-electron chi connectivity index (χ0n) is 15.5. The Labute approximate surface area is 163 Å². The minimum absolute atomic E-state index is 0.0174. The van der Waals surface area contributed by atoms with Crippen LogP contribution in [-0.4, -0.2) is 27.3 Å². The zero-order chi connectivity index (χ0) is 19.2. The minimum Gasteiger partial charge on any atom is -0.319 e. The maximum absolute atomic E-state index is 13.1. The van der Waals surface area contributed by atoms with Gasteiger partial charge in [0.05, 0.1) is 28.8 Å². The van der Waals surface area contributed by atoms with Gasteiger partial charge in [0.2, 0.25) is 5.91 Å². The van der Waals surface area contributed by atoms with Crippen LogP contribution in [0.15, 0.2) is 59.8 Å². The fraction of sp³-hybridized carbons (Fsp3) is 0.286. The van der Waals surface area contributed by atoms with Gasteiger partial charge in [0.15, 0.2) is 5.16 Å². The summed E-state index contributed by atoms with van der Waals surface area (Å²) in [6.45, 7) is 5.15. The SMILES string of the molecule is CCn1c(S[C@H](C)C(=O)N(CCC#N)c2ccccc2)nc2ccccc21. The third-order valence-corrected chi connectivity index (χ3v) is 5.42. The Kier molecular flexibility index (Phi) is 6.15. The van der Waals surface area contributed by atoms with E-state index in [2.05, 4.69) is 17.6 Å². The lowest BCUT2D eigenvalue weighted by atomic mass is 10.2. The molecule has 0 radical (unpaired) electrons. The Morgan fingerprint density at radius 1 is 1.22 bits per heavy atom. The molecule has 2 aromatic carbocycles. The van der Waals surface area contributed by atoms with Crippen molar-refractivity contribution < 1.29 is 4.79 Å². The molecule has 0 fully saturated rings. The van der Waals surface area contributed by atoms with Gasteiger partial charge in [-0.15, -0.1) is 0 Å². The van der Waals surface area contributed by atoms with Crippen LogP contribution in [0.25, 0.3) is 11.0 Å². The van der Waals surface area contributed by atoms with Crippen molar-refractivity contribution in [2.75, 3.05) is 11.4 Å². The second kappa shape index (κ2) is 8.74. The van der Waals surface area contributed by atoms with Crippen molar-refractivity contribution >= 4 is 34.4 Å². The van der Waals surface area contributed by atoms with Crippen molar-refractivity contribution in [3.8, 4) is 6.07 Å². The average Bonchev–Trinajstić information content (AvgIpc) is 3.05. The molecule has 0 N–H and O–H groups in total. The summed E-state index contributed by atoms with van der Waals surface area (Å²) in [7, 11) is 0. The van der Waals surface area contributed by atoms with Crippen molar-refractivity contribution in [2.24, 2.45) is 0 Å². The Hall–Kier alpha value is -2.78. The van der Waals surface area contributed by atoms with Gasteiger partial charge >= 0.3 is 0 Å². The number of benzene rings is 2. The number of nitrogens with zero attached hydrogens (tertiary/aromatic N) is 4. The molecule has 0 aliphatic rings. The molecule has 0 aliphatic heterocycles. The van der Waals surface area contributed by atoms with Crippen molar-refractivity contribution in [2.45, 2.75) is 37.2 Å². The molecule has 138 valence electrons. The lowest BCUT2D eigenvalue weighted by Gasteiger charge is -2.25. The highest BCUT2D eigenvalue weighted by atomic mass is 32.2. The molecular weight excluding hydrogens is 356 g/mol. The molecule has 1 heterocycles. The predicted molar refractivity (Wildman–Crippen MR) is 110 cm³/mol. The second-order valence-electron chi connectivity index (χ2n) is 6.12. The second-order valence-corrected chi connectivity index (χ2v) is 7.43. The molecule has 0 spiro atoms. The number of fused-ring (bicyclic) bond motifs is 1. The van der Waals surface area contributed by atoms with E-state index in [-0.39, 0.29) is 11.2 Å². The van der Waals surface area contributed by atoms with Gasteiger partial charge in [0, 0.05) is 18.8 Å². The van der Waals surface area contributed by atoms with Gasteiger partial charge in [0.1, 0.15) is 0 Å². The van der Waals surface area contributed by atoms with Crippen LogP contribution in [-0.2, 0) is 11.3 Å². The zero-order valence-corrected chi connectivity index (χ0v) is 16.3. The molecule has 1 aromatic heterocycles. The van der Waals surface area contributed by atoms with Crippen molar-refractivity contribution in [1.29, 1.82) is 5.26 Å². The molecular formula is C21H22N4OS. The number of hydrogen-bond acceptors (Lipinski definition) is 4. The van der Waals surface area contributed by atoms with Crippen LogP contribution >= 0.6 is 11.8 Å². The van der Waals surface area contributed by atoms with Crippen LogP contribution < -0.4 is 4.90 Å². The Morgan fingerprint density at radius 2 is 1.93 bits per heavy atom. The van der Waals surface area contributed by atoms with Crippen molar-refractivity contribution in [3.05, 3.63) is 54.6 Å². The Bertz CT molecular complexity index is 961. The molecule has 0 unspecified atom stereocenters. The molecule has 27 heavy (non-hydrogen) atoms. The summed E-state index contributed by atoms with van der Waals surface area (Å²) >= 11 is 1.46. The number of aromatic nitrogens is 2. The number of anilines is 1. The highest BCUT2D eigenvalue weighted by Crippen LogP contribution is 2.29. The van der Waals surface area contributed by atoms with Crippen LogP contribution in [0.2, 0.25) is 0 Å². The van der Waals surface area contributed by atoms with Crippen LogP contribution in [0, 0.1) is 11.3 Å².